The van der Waals surface area contributed by atoms with Crippen LogP contribution in [-0.2, 0) is 0 Å². The van der Waals surface area contributed by atoms with Crippen molar-refractivity contribution in [1.29, 1.82) is 0 Å². The van der Waals surface area contributed by atoms with E-state index in [2.05, 4.69) is 57.3 Å². The Morgan fingerprint density at radius 2 is 1.81 bits per heavy atom. The molecule has 2 heteroatoms. The highest BCUT2D eigenvalue weighted by atomic mass is 32.2. The van der Waals surface area contributed by atoms with Gasteiger partial charge in [0.15, 0.2) is 0 Å². The first-order valence-electron chi connectivity index (χ1n) is 6.08. The van der Waals surface area contributed by atoms with Gasteiger partial charge in [0.2, 0.25) is 0 Å². The zero-order valence-electron chi connectivity index (χ0n) is 10.8. The molecule has 1 aromatic rings. The molecule has 0 saturated carbocycles. The molecule has 0 aliphatic heterocycles. The second-order valence-electron chi connectivity index (χ2n) is 4.46. The van der Waals surface area contributed by atoms with Crippen molar-refractivity contribution in [2.75, 3.05) is 6.54 Å². The van der Waals surface area contributed by atoms with Crippen molar-refractivity contribution in [3.63, 3.8) is 0 Å². The third-order valence-electron chi connectivity index (χ3n) is 2.72. The predicted octanol–water partition coefficient (Wildman–Crippen LogP) is 3.86. The normalized spacial score (nSPS) is 14.8. The Hall–Kier alpha value is -0.470. The standard InChI is InChI=1S/C14H23NS/c1-5-12(3)15-10-13(4)16-14-8-6-11(2)7-9-14/h6-9,12-13,15H,5,10H2,1-4H3. The average Bonchev–Trinajstić information content (AvgIpc) is 2.29. The number of thioether (sulfide) groups is 1. The van der Waals surface area contributed by atoms with Crippen molar-refractivity contribution < 1.29 is 0 Å². The number of hydrogen-bond acceptors (Lipinski definition) is 2. The van der Waals surface area contributed by atoms with Gasteiger partial charge in [0, 0.05) is 22.7 Å². The third kappa shape index (κ3) is 5.04. The van der Waals surface area contributed by atoms with Crippen LogP contribution in [0.15, 0.2) is 29.2 Å². The van der Waals surface area contributed by atoms with E-state index in [1.54, 1.807) is 0 Å². The van der Waals surface area contributed by atoms with Gasteiger partial charge in [-0.15, -0.1) is 11.8 Å². The van der Waals surface area contributed by atoms with Crippen molar-refractivity contribution in [1.82, 2.24) is 5.32 Å². The van der Waals surface area contributed by atoms with Crippen LogP contribution >= 0.6 is 11.8 Å². The van der Waals surface area contributed by atoms with E-state index in [-0.39, 0.29) is 0 Å². The summed E-state index contributed by atoms with van der Waals surface area (Å²) in [6, 6.07) is 9.40. The van der Waals surface area contributed by atoms with E-state index in [1.807, 2.05) is 11.8 Å². The Balaban J connectivity index is 2.33. The Morgan fingerprint density at radius 1 is 1.19 bits per heavy atom. The minimum absolute atomic E-state index is 0.622. The largest absolute Gasteiger partial charge is 0.313 e. The molecular weight excluding hydrogens is 214 g/mol. The van der Waals surface area contributed by atoms with Gasteiger partial charge in [-0.1, -0.05) is 31.5 Å². The quantitative estimate of drug-likeness (QED) is 0.754. The lowest BCUT2D eigenvalue weighted by molar-refractivity contribution is 0.537. The minimum Gasteiger partial charge on any atom is -0.313 e. The van der Waals surface area contributed by atoms with Crippen LogP contribution in [0.25, 0.3) is 0 Å². The molecule has 0 saturated heterocycles. The van der Waals surface area contributed by atoms with E-state index < -0.39 is 0 Å². The second kappa shape index (κ2) is 6.97. The summed E-state index contributed by atoms with van der Waals surface area (Å²) in [5.74, 6) is 0. The first-order chi connectivity index (χ1) is 7.61. The van der Waals surface area contributed by atoms with Crippen molar-refractivity contribution >= 4 is 11.8 Å². The molecule has 2 atom stereocenters. The van der Waals surface area contributed by atoms with E-state index in [9.17, 15) is 0 Å². The number of aryl methyl sites for hydroxylation is 1. The molecule has 1 N–H and O–H groups in total. The summed E-state index contributed by atoms with van der Waals surface area (Å²) < 4.78 is 0. The summed E-state index contributed by atoms with van der Waals surface area (Å²) in [5.41, 5.74) is 1.33. The van der Waals surface area contributed by atoms with Crippen molar-refractivity contribution in [3.8, 4) is 0 Å². The maximum atomic E-state index is 3.54. The second-order valence-corrected chi connectivity index (χ2v) is 5.97. The topological polar surface area (TPSA) is 12.0 Å². The van der Waals surface area contributed by atoms with Gasteiger partial charge >= 0.3 is 0 Å². The van der Waals surface area contributed by atoms with Crippen LogP contribution in [0, 0.1) is 6.92 Å². The Bertz CT molecular complexity index is 294. The fraction of sp³-hybridized carbons (Fsp3) is 0.571. The first-order valence-corrected chi connectivity index (χ1v) is 6.96. The van der Waals surface area contributed by atoms with Gasteiger partial charge in [-0.3, -0.25) is 0 Å². The average molecular weight is 237 g/mol. The molecule has 0 fully saturated rings. The van der Waals surface area contributed by atoms with Crippen molar-refractivity contribution in [2.45, 2.75) is 50.3 Å². The van der Waals surface area contributed by atoms with Crippen LogP contribution in [0.1, 0.15) is 32.8 Å². The summed E-state index contributed by atoms with van der Waals surface area (Å²) in [4.78, 5) is 1.36. The first kappa shape index (κ1) is 13.6. The van der Waals surface area contributed by atoms with Crippen molar-refractivity contribution in [3.05, 3.63) is 29.8 Å². The molecule has 0 radical (unpaired) electrons. The van der Waals surface area contributed by atoms with Crippen LogP contribution in [0.2, 0.25) is 0 Å². The van der Waals surface area contributed by atoms with Crippen LogP contribution in [0.3, 0.4) is 0 Å². The third-order valence-corrected chi connectivity index (χ3v) is 3.84. The summed E-state index contributed by atoms with van der Waals surface area (Å²) in [6.07, 6.45) is 1.20. The number of nitrogens with one attached hydrogen (secondary N) is 1. The molecule has 2 unspecified atom stereocenters. The Morgan fingerprint density at radius 3 is 2.38 bits per heavy atom. The molecule has 0 bridgehead atoms. The Labute approximate surface area is 104 Å². The molecule has 0 aliphatic carbocycles. The van der Waals surface area contributed by atoms with Crippen molar-refractivity contribution in [2.24, 2.45) is 0 Å². The fourth-order valence-electron chi connectivity index (χ4n) is 1.40. The molecule has 90 valence electrons. The highest BCUT2D eigenvalue weighted by Crippen LogP contribution is 2.22. The lowest BCUT2D eigenvalue weighted by atomic mass is 10.2. The zero-order chi connectivity index (χ0) is 12.0. The highest BCUT2D eigenvalue weighted by molar-refractivity contribution is 8.00. The molecule has 0 spiro atoms. The molecule has 1 aromatic carbocycles. The van der Waals surface area contributed by atoms with Crippen LogP contribution in [0.4, 0.5) is 0 Å². The maximum absolute atomic E-state index is 3.54. The molecular formula is C14H23NS. The number of hydrogen-bond donors (Lipinski definition) is 1. The molecule has 0 amide bonds. The summed E-state index contributed by atoms with van der Waals surface area (Å²) >= 11 is 1.94. The molecule has 0 aromatic heterocycles. The molecule has 0 aliphatic rings. The maximum Gasteiger partial charge on any atom is 0.0191 e. The van der Waals surface area contributed by atoms with E-state index in [0.29, 0.717) is 11.3 Å². The van der Waals surface area contributed by atoms with Gasteiger partial charge < -0.3 is 5.32 Å². The lowest BCUT2D eigenvalue weighted by Gasteiger charge is -2.16. The van der Waals surface area contributed by atoms with Crippen LogP contribution in [-0.4, -0.2) is 17.8 Å². The van der Waals surface area contributed by atoms with Crippen LogP contribution < -0.4 is 5.32 Å². The van der Waals surface area contributed by atoms with E-state index in [1.165, 1.54) is 16.9 Å². The Kier molecular flexibility index (Phi) is 5.93. The van der Waals surface area contributed by atoms with Gasteiger partial charge in [0.1, 0.15) is 0 Å². The lowest BCUT2D eigenvalue weighted by Crippen LogP contribution is -2.30. The van der Waals surface area contributed by atoms with Gasteiger partial charge in [-0.2, -0.15) is 0 Å². The predicted molar refractivity (Wildman–Crippen MR) is 74.3 cm³/mol. The molecule has 0 heterocycles. The number of benzene rings is 1. The van der Waals surface area contributed by atoms with E-state index in [4.69, 9.17) is 0 Å². The van der Waals surface area contributed by atoms with E-state index in [0.717, 1.165) is 6.54 Å². The SMILES string of the molecule is CCC(C)NCC(C)Sc1ccc(C)cc1. The zero-order valence-corrected chi connectivity index (χ0v) is 11.6. The minimum atomic E-state index is 0.622. The molecule has 16 heavy (non-hydrogen) atoms. The number of rotatable bonds is 6. The smallest absolute Gasteiger partial charge is 0.0191 e. The van der Waals surface area contributed by atoms with Crippen LogP contribution in [0.5, 0.6) is 0 Å². The summed E-state index contributed by atoms with van der Waals surface area (Å²) in [7, 11) is 0. The highest BCUT2D eigenvalue weighted by Gasteiger charge is 2.05. The van der Waals surface area contributed by atoms with E-state index >= 15 is 0 Å². The molecule has 1 nitrogen and oxygen atoms in total. The van der Waals surface area contributed by atoms with Gasteiger partial charge in [0.25, 0.3) is 0 Å². The van der Waals surface area contributed by atoms with Gasteiger partial charge in [-0.05, 0) is 32.4 Å². The fourth-order valence-corrected chi connectivity index (χ4v) is 2.34. The monoisotopic (exact) mass is 237 g/mol. The van der Waals surface area contributed by atoms with Gasteiger partial charge in [0.05, 0.1) is 0 Å². The van der Waals surface area contributed by atoms with Gasteiger partial charge in [-0.25, -0.2) is 0 Å². The summed E-state index contributed by atoms with van der Waals surface area (Å²) in [5, 5.41) is 4.16. The summed E-state index contributed by atoms with van der Waals surface area (Å²) in [6.45, 7) is 9.94. The molecule has 1 rings (SSSR count).